The minimum Gasteiger partial charge on any atom is -0.497 e. The summed E-state index contributed by atoms with van der Waals surface area (Å²) >= 11 is 0. The Kier molecular flexibility index (Phi) is 3.53. The zero-order chi connectivity index (χ0) is 14.3. The third kappa shape index (κ3) is 2.14. The molecule has 3 rings (SSSR count). The SMILES string of the molecule is COc1ccc2c(c1)C(N)(C1CCC(C)C(C)C1)CC2. The van der Waals surface area contributed by atoms with E-state index < -0.39 is 0 Å². The molecule has 1 fully saturated rings. The second-order valence-corrected chi connectivity index (χ2v) is 7.03. The molecule has 0 saturated heterocycles. The summed E-state index contributed by atoms with van der Waals surface area (Å²) < 4.78 is 5.40. The summed E-state index contributed by atoms with van der Waals surface area (Å²) in [6, 6.07) is 6.46. The van der Waals surface area contributed by atoms with Crippen molar-refractivity contribution in [3.8, 4) is 5.75 Å². The number of nitrogens with two attached hydrogens (primary N) is 1. The lowest BCUT2D eigenvalue weighted by Crippen LogP contribution is -2.45. The molecule has 1 saturated carbocycles. The maximum absolute atomic E-state index is 6.92. The van der Waals surface area contributed by atoms with E-state index in [2.05, 4.69) is 32.0 Å². The Morgan fingerprint density at radius 1 is 1.20 bits per heavy atom. The number of benzene rings is 1. The number of hydrogen-bond acceptors (Lipinski definition) is 2. The van der Waals surface area contributed by atoms with Gasteiger partial charge >= 0.3 is 0 Å². The first-order chi connectivity index (χ1) is 9.54. The molecular formula is C18H27NO. The molecule has 110 valence electrons. The summed E-state index contributed by atoms with van der Waals surface area (Å²) in [5, 5.41) is 0. The number of rotatable bonds is 2. The smallest absolute Gasteiger partial charge is 0.119 e. The van der Waals surface area contributed by atoms with Gasteiger partial charge in [-0.3, -0.25) is 0 Å². The average molecular weight is 273 g/mol. The fraction of sp³-hybridized carbons (Fsp3) is 0.667. The highest BCUT2D eigenvalue weighted by Gasteiger charge is 2.44. The summed E-state index contributed by atoms with van der Waals surface area (Å²) in [5.41, 5.74) is 9.58. The van der Waals surface area contributed by atoms with Crippen LogP contribution >= 0.6 is 0 Å². The number of methoxy groups -OCH3 is 1. The van der Waals surface area contributed by atoms with Gasteiger partial charge in [0.1, 0.15) is 5.75 Å². The topological polar surface area (TPSA) is 35.2 Å². The lowest BCUT2D eigenvalue weighted by atomic mass is 9.66. The van der Waals surface area contributed by atoms with E-state index in [-0.39, 0.29) is 5.54 Å². The van der Waals surface area contributed by atoms with Gasteiger partial charge in [0.15, 0.2) is 0 Å². The summed E-state index contributed by atoms with van der Waals surface area (Å²) in [7, 11) is 1.74. The highest BCUT2D eigenvalue weighted by Crippen LogP contribution is 2.48. The summed E-state index contributed by atoms with van der Waals surface area (Å²) in [6.45, 7) is 4.78. The molecule has 2 heteroatoms. The summed E-state index contributed by atoms with van der Waals surface area (Å²) in [5.74, 6) is 3.21. The van der Waals surface area contributed by atoms with E-state index in [9.17, 15) is 0 Å². The van der Waals surface area contributed by atoms with Gasteiger partial charge in [-0.1, -0.05) is 26.3 Å². The number of ether oxygens (including phenoxy) is 1. The van der Waals surface area contributed by atoms with Gasteiger partial charge in [0.25, 0.3) is 0 Å². The fourth-order valence-electron chi connectivity index (χ4n) is 4.25. The fourth-order valence-corrected chi connectivity index (χ4v) is 4.25. The van der Waals surface area contributed by atoms with Crippen LogP contribution in [0, 0.1) is 17.8 Å². The van der Waals surface area contributed by atoms with E-state index in [0.717, 1.165) is 30.4 Å². The van der Waals surface area contributed by atoms with Crippen molar-refractivity contribution < 1.29 is 4.74 Å². The van der Waals surface area contributed by atoms with Crippen molar-refractivity contribution in [3.63, 3.8) is 0 Å². The quantitative estimate of drug-likeness (QED) is 0.888. The van der Waals surface area contributed by atoms with Gasteiger partial charge in [0.05, 0.1) is 7.11 Å². The lowest BCUT2D eigenvalue weighted by molar-refractivity contribution is 0.132. The second kappa shape index (κ2) is 5.07. The maximum atomic E-state index is 6.92. The van der Waals surface area contributed by atoms with Crippen LogP contribution in [0.5, 0.6) is 5.75 Å². The van der Waals surface area contributed by atoms with Gasteiger partial charge in [-0.15, -0.1) is 0 Å². The summed E-state index contributed by atoms with van der Waals surface area (Å²) in [6.07, 6.45) is 6.09. The monoisotopic (exact) mass is 273 g/mol. The van der Waals surface area contributed by atoms with Crippen LogP contribution in [0.4, 0.5) is 0 Å². The van der Waals surface area contributed by atoms with E-state index in [4.69, 9.17) is 10.5 Å². The number of fused-ring (bicyclic) bond motifs is 1. The zero-order valence-corrected chi connectivity index (χ0v) is 13.0. The first-order valence-electron chi connectivity index (χ1n) is 8.01. The highest BCUT2D eigenvalue weighted by atomic mass is 16.5. The van der Waals surface area contributed by atoms with Crippen LogP contribution in [0.1, 0.15) is 50.7 Å². The maximum Gasteiger partial charge on any atom is 0.119 e. The molecule has 20 heavy (non-hydrogen) atoms. The van der Waals surface area contributed by atoms with Crippen molar-refractivity contribution in [1.82, 2.24) is 0 Å². The van der Waals surface area contributed by atoms with Gasteiger partial charge in [-0.05, 0) is 66.7 Å². The van der Waals surface area contributed by atoms with Gasteiger partial charge in [-0.2, -0.15) is 0 Å². The normalized spacial score (nSPS) is 36.7. The Morgan fingerprint density at radius 3 is 2.70 bits per heavy atom. The van der Waals surface area contributed by atoms with E-state index in [1.54, 1.807) is 7.11 Å². The average Bonchev–Trinajstić information content (AvgIpc) is 2.80. The number of aryl methyl sites for hydroxylation is 1. The molecule has 4 atom stereocenters. The largest absolute Gasteiger partial charge is 0.497 e. The molecule has 1 aromatic rings. The highest BCUT2D eigenvalue weighted by molar-refractivity contribution is 5.44. The van der Waals surface area contributed by atoms with Crippen molar-refractivity contribution in [1.29, 1.82) is 0 Å². The van der Waals surface area contributed by atoms with Crippen molar-refractivity contribution in [2.75, 3.05) is 7.11 Å². The van der Waals surface area contributed by atoms with Gasteiger partial charge in [0.2, 0.25) is 0 Å². The molecule has 1 aromatic carbocycles. The molecule has 4 unspecified atom stereocenters. The van der Waals surface area contributed by atoms with Crippen LogP contribution in [0.2, 0.25) is 0 Å². The van der Waals surface area contributed by atoms with Crippen molar-refractivity contribution in [2.24, 2.45) is 23.5 Å². The molecule has 0 amide bonds. The minimum absolute atomic E-state index is 0.127. The second-order valence-electron chi connectivity index (χ2n) is 7.03. The van der Waals surface area contributed by atoms with Crippen molar-refractivity contribution in [2.45, 2.75) is 51.5 Å². The third-order valence-electron chi connectivity index (χ3n) is 5.95. The van der Waals surface area contributed by atoms with Crippen LogP contribution < -0.4 is 10.5 Å². The molecular weight excluding hydrogens is 246 g/mol. The van der Waals surface area contributed by atoms with E-state index in [1.165, 1.54) is 30.4 Å². The first-order valence-corrected chi connectivity index (χ1v) is 8.01. The molecule has 0 spiro atoms. The summed E-state index contributed by atoms with van der Waals surface area (Å²) in [4.78, 5) is 0. The predicted octanol–water partition coefficient (Wildman–Crippen LogP) is 3.87. The van der Waals surface area contributed by atoms with Crippen LogP contribution in [0.3, 0.4) is 0 Å². The molecule has 2 N–H and O–H groups in total. The Bertz CT molecular complexity index is 498. The van der Waals surface area contributed by atoms with Crippen LogP contribution in [0.15, 0.2) is 18.2 Å². The molecule has 2 aliphatic carbocycles. The van der Waals surface area contributed by atoms with Crippen LogP contribution in [0.25, 0.3) is 0 Å². The first kappa shape index (κ1) is 13.9. The molecule has 2 nitrogen and oxygen atoms in total. The van der Waals surface area contributed by atoms with E-state index >= 15 is 0 Å². The third-order valence-corrected chi connectivity index (χ3v) is 5.95. The van der Waals surface area contributed by atoms with Gasteiger partial charge in [0, 0.05) is 5.54 Å². The Morgan fingerprint density at radius 2 is 2.00 bits per heavy atom. The molecule has 0 heterocycles. The molecule has 0 radical (unpaired) electrons. The Balaban J connectivity index is 1.91. The van der Waals surface area contributed by atoms with E-state index in [0.29, 0.717) is 5.92 Å². The Labute approximate surface area is 122 Å². The standard InChI is InChI=1S/C18H27NO/c1-12-4-6-15(10-13(12)2)18(19)9-8-14-5-7-16(20-3)11-17(14)18/h5,7,11-13,15H,4,6,8-10,19H2,1-3H3. The lowest BCUT2D eigenvalue weighted by Gasteiger charge is -2.42. The van der Waals surface area contributed by atoms with Crippen LogP contribution in [-0.2, 0) is 12.0 Å². The van der Waals surface area contributed by atoms with Gasteiger partial charge < -0.3 is 10.5 Å². The van der Waals surface area contributed by atoms with E-state index in [1.807, 2.05) is 0 Å². The minimum atomic E-state index is -0.127. The van der Waals surface area contributed by atoms with Gasteiger partial charge in [-0.25, -0.2) is 0 Å². The van der Waals surface area contributed by atoms with Crippen molar-refractivity contribution >= 4 is 0 Å². The molecule has 0 aliphatic heterocycles. The Hall–Kier alpha value is -1.02. The predicted molar refractivity (Wildman–Crippen MR) is 82.8 cm³/mol. The molecule has 0 bridgehead atoms. The zero-order valence-electron chi connectivity index (χ0n) is 13.0. The number of hydrogen-bond donors (Lipinski definition) is 1. The molecule has 2 aliphatic rings. The van der Waals surface area contributed by atoms with Crippen LogP contribution in [-0.4, -0.2) is 7.11 Å². The molecule has 0 aromatic heterocycles. The van der Waals surface area contributed by atoms with Crippen molar-refractivity contribution in [3.05, 3.63) is 29.3 Å².